The van der Waals surface area contributed by atoms with Crippen LogP contribution < -0.4 is 0 Å². The first-order chi connectivity index (χ1) is 13.3. The van der Waals surface area contributed by atoms with Crippen molar-refractivity contribution in [3.8, 4) is 11.4 Å². The van der Waals surface area contributed by atoms with E-state index in [-0.39, 0.29) is 0 Å². The third-order valence-corrected chi connectivity index (χ3v) is 5.10. The quantitative estimate of drug-likeness (QED) is 0.641. The van der Waals surface area contributed by atoms with Crippen molar-refractivity contribution in [1.29, 1.82) is 0 Å². The van der Waals surface area contributed by atoms with Gasteiger partial charge >= 0.3 is 0 Å². The SMILES string of the molecule is CN(Cc1cc(-c2ccccn2)no1)CC1CCN(Cc2ccccc2)C1. The van der Waals surface area contributed by atoms with Gasteiger partial charge in [0.15, 0.2) is 5.76 Å². The molecule has 5 heteroatoms. The summed E-state index contributed by atoms with van der Waals surface area (Å²) >= 11 is 0. The normalized spacial score (nSPS) is 17.6. The van der Waals surface area contributed by atoms with Crippen LogP contribution in [0.4, 0.5) is 0 Å². The van der Waals surface area contributed by atoms with Crippen molar-refractivity contribution in [2.24, 2.45) is 5.92 Å². The summed E-state index contributed by atoms with van der Waals surface area (Å²) in [5.41, 5.74) is 3.05. The minimum absolute atomic E-state index is 0.705. The van der Waals surface area contributed by atoms with Gasteiger partial charge in [0.05, 0.1) is 12.2 Å². The molecular formula is C22H26N4O. The van der Waals surface area contributed by atoms with Gasteiger partial charge in [0.25, 0.3) is 0 Å². The molecule has 0 N–H and O–H groups in total. The van der Waals surface area contributed by atoms with E-state index in [0.717, 1.165) is 43.3 Å². The zero-order chi connectivity index (χ0) is 18.5. The molecule has 4 rings (SSSR count). The Bertz CT molecular complexity index is 834. The summed E-state index contributed by atoms with van der Waals surface area (Å²) in [5.74, 6) is 1.59. The smallest absolute Gasteiger partial charge is 0.151 e. The summed E-state index contributed by atoms with van der Waals surface area (Å²) in [6.45, 7) is 5.24. The second-order valence-electron chi connectivity index (χ2n) is 7.47. The summed E-state index contributed by atoms with van der Waals surface area (Å²) < 4.78 is 5.51. The average molecular weight is 362 g/mol. The van der Waals surface area contributed by atoms with Gasteiger partial charge in [-0.2, -0.15) is 0 Å². The van der Waals surface area contributed by atoms with Crippen LogP contribution in [0, 0.1) is 5.92 Å². The van der Waals surface area contributed by atoms with E-state index in [9.17, 15) is 0 Å². The first kappa shape index (κ1) is 17.9. The van der Waals surface area contributed by atoms with Crippen LogP contribution in [0.15, 0.2) is 65.3 Å². The first-order valence-corrected chi connectivity index (χ1v) is 9.58. The molecule has 5 nitrogen and oxygen atoms in total. The molecule has 1 saturated heterocycles. The van der Waals surface area contributed by atoms with Crippen LogP contribution in [-0.2, 0) is 13.1 Å². The number of pyridine rings is 1. The Morgan fingerprint density at radius 1 is 1.11 bits per heavy atom. The summed E-state index contributed by atoms with van der Waals surface area (Å²) in [6, 6.07) is 18.5. The molecule has 0 amide bonds. The predicted molar refractivity (Wildman–Crippen MR) is 106 cm³/mol. The molecule has 1 fully saturated rings. The third kappa shape index (κ3) is 4.81. The van der Waals surface area contributed by atoms with E-state index in [2.05, 4.69) is 57.3 Å². The van der Waals surface area contributed by atoms with Crippen LogP contribution in [0.3, 0.4) is 0 Å². The number of hydrogen-bond acceptors (Lipinski definition) is 5. The molecule has 0 aliphatic carbocycles. The maximum absolute atomic E-state index is 5.51. The second kappa shape index (κ2) is 8.46. The van der Waals surface area contributed by atoms with Gasteiger partial charge in [-0.3, -0.25) is 14.8 Å². The van der Waals surface area contributed by atoms with Crippen molar-refractivity contribution in [2.45, 2.75) is 19.5 Å². The minimum Gasteiger partial charge on any atom is -0.359 e. The average Bonchev–Trinajstić information content (AvgIpc) is 3.33. The van der Waals surface area contributed by atoms with Gasteiger partial charge in [-0.05, 0) is 43.6 Å². The standard InChI is InChI=1S/C22H26N4O/c1-25(17-20-13-22(24-27-20)21-9-5-6-11-23-21)14-19-10-12-26(16-19)15-18-7-3-2-4-8-18/h2-9,11,13,19H,10,12,14-17H2,1H3. The van der Waals surface area contributed by atoms with Crippen molar-refractivity contribution >= 4 is 0 Å². The van der Waals surface area contributed by atoms with Gasteiger partial charge in [0, 0.05) is 31.9 Å². The third-order valence-electron chi connectivity index (χ3n) is 5.10. The molecule has 1 aliphatic rings. The molecule has 140 valence electrons. The summed E-state index contributed by atoms with van der Waals surface area (Å²) in [6.07, 6.45) is 3.03. The molecule has 1 atom stereocenters. The Kier molecular flexibility index (Phi) is 5.61. The second-order valence-corrected chi connectivity index (χ2v) is 7.47. The lowest BCUT2D eigenvalue weighted by molar-refractivity contribution is 0.231. The molecule has 3 heterocycles. The fourth-order valence-corrected chi connectivity index (χ4v) is 3.84. The lowest BCUT2D eigenvalue weighted by Crippen LogP contribution is -2.27. The molecule has 1 aromatic carbocycles. The number of likely N-dealkylation sites (tertiary alicyclic amines) is 1. The van der Waals surface area contributed by atoms with Crippen molar-refractivity contribution < 1.29 is 4.52 Å². The summed E-state index contributed by atoms with van der Waals surface area (Å²) in [4.78, 5) is 9.22. The van der Waals surface area contributed by atoms with Crippen LogP contribution in [0.25, 0.3) is 11.4 Å². The molecule has 27 heavy (non-hydrogen) atoms. The fourth-order valence-electron chi connectivity index (χ4n) is 3.84. The summed E-state index contributed by atoms with van der Waals surface area (Å²) in [5, 5.41) is 4.16. The van der Waals surface area contributed by atoms with E-state index in [0.29, 0.717) is 5.92 Å². The molecule has 0 spiro atoms. The lowest BCUT2D eigenvalue weighted by atomic mass is 10.1. The molecule has 0 saturated carbocycles. The number of aromatic nitrogens is 2. The number of rotatable bonds is 7. The first-order valence-electron chi connectivity index (χ1n) is 9.58. The van der Waals surface area contributed by atoms with E-state index in [1.807, 2.05) is 24.3 Å². The van der Waals surface area contributed by atoms with Crippen molar-refractivity contribution in [2.75, 3.05) is 26.7 Å². The highest BCUT2D eigenvalue weighted by Gasteiger charge is 2.24. The largest absolute Gasteiger partial charge is 0.359 e. The monoisotopic (exact) mass is 362 g/mol. The Morgan fingerprint density at radius 2 is 1.96 bits per heavy atom. The van der Waals surface area contributed by atoms with Crippen LogP contribution in [0.1, 0.15) is 17.7 Å². The zero-order valence-corrected chi connectivity index (χ0v) is 15.8. The van der Waals surface area contributed by atoms with Crippen molar-refractivity contribution in [1.82, 2.24) is 19.9 Å². The van der Waals surface area contributed by atoms with Gasteiger partial charge in [-0.1, -0.05) is 41.6 Å². The molecule has 2 aromatic heterocycles. The highest BCUT2D eigenvalue weighted by atomic mass is 16.5. The minimum atomic E-state index is 0.705. The summed E-state index contributed by atoms with van der Waals surface area (Å²) in [7, 11) is 2.16. The molecule has 3 aromatic rings. The van der Waals surface area contributed by atoms with E-state index in [4.69, 9.17) is 4.52 Å². The van der Waals surface area contributed by atoms with Crippen LogP contribution in [0.2, 0.25) is 0 Å². The van der Waals surface area contributed by atoms with Crippen LogP contribution in [0.5, 0.6) is 0 Å². The lowest BCUT2D eigenvalue weighted by Gasteiger charge is -2.20. The van der Waals surface area contributed by atoms with Crippen molar-refractivity contribution in [3.05, 3.63) is 72.1 Å². The van der Waals surface area contributed by atoms with Crippen molar-refractivity contribution in [3.63, 3.8) is 0 Å². The van der Waals surface area contributed by atoms with Gasteiger partial charge in [0.2, 0.25) is 0 Å². The van der Waals surface area contributed by atoms with Crippen LogP contribution in [-0.4, -0.2) is 46.6 Å². The van der Waals surface area contributed by atoms with E-state index < -0.39 is 0 Å². The highest BCUT2D eigenvalue weighted by molar-refractivity contribution is 5.52. The van der Waals surface area contributed by atoms with Gasteiger partial charge in [0.1, 0.15) is 5.69 Å². The molecular weight excluding hydrogens is 336 g/mol. The molecule has 1 aliphatic heterocycles. The van der Waals surface area contributed by atoms with Gasteiger partial charge < -0.3 is 4.52 Å². The maximum Gasteiger partial charge on any atom is 0.151 e. The Labute approximate surface area is 160 Å². The van der Waals surface area contributed by atoms with E-state index in [1.165, 1.54) is 18.5 Å². The zero-order valence-electron chi connectivity index (χ0n) is 15.8. The van der Waals surface area contributed by atoms with E-state index in [1.54, 1.807) is 6.20 Å². The Balaban J connectivity index is 1.26. The Morgan fingerprint density at radius 3 is 2.78 bits per heavy atom. The highest BCUT2D eigenvalue weighted by Crippen LogP contribution is 2.21. The topological polar surface area (TPSA) is 45.4 Å². The van der Waals surface area contributed by atoms with Crippen LogP contribution >= 0.6 is 0 Å². The van der Waals surface area contributed by atoms with E-state index >= 15 is 0 Å². The maximum atomic E-state index is 5.51. The predicted octanol–water partition coefficient (Wildman–Crippen LogP) is 3.69. The number of hydrogen-bond donors (Lipinski definition) is 0. The number of nitrogens with zero attached hydrogens (tertiary/aromatic N) is 4. The molecule has 0 bridgehead atoms. The fraction of sp³-hybridized carbons (Fsp3) is 0.364. The van der Waals surface area contributed by atoms with Gasteiger partial charge in [-0.15, -0.1) is 0 Å². The molecule has 0 radical (unpaired) electrons. The Hall–Kier alpha value is -2.50. The van der Waals surface area contributed by atoms with Gasteiger partial charge in [-0.25, -0.2) is 0 Å². The molecule has 1 unspecified atom stereocenters. The number of benzene rings is 1.